The highest BCUT2D eigenvalue weighted by Gasteiger charge is 2.21. The minimum Gasteiger partial charge on any atom is -0.348 e. The molecule has 0 aliphatic carbocycles. The van der Waals surface area contributed by atoms with Crippen LogP contribution in [0.5, 0.6) is 0 Å². The van der Waals surface area contributed by atoms with E-state index in [0.717, 1.165) is 5.69 Å². The van der Waals surface area contributed by atoms with Crippen LogP contribution in [0.25, 0.3) is 11.5 Å². The van der Waals surface area contributed by atoms with Gasteiger partial charge in [-0.05, 0) is 35.7 Å². The molecule has 1 amide bonds. The summed E-state index contributed by atoms with van der Waals surface area (Å²) < 4.78 is 17.7. The fourth-order valence-corrected chi connectivity index (χ4v) is 3.30. The summed E-state index contributed by atoms with van der Waals surface area (Å²) in [5, 5.41) is 7.22. The van der Waals surface area contributed by atoms with Crippen molar-refractivity contribution in [2.75, 3.05) is 0 Å². The fraction of sp³-hybridized carbons (Fsp3) is 0.182. The molecule has 1 N–H and O–H groups in total. The van der Waals surface area contributed by atoms with Gasteiger partial charge >= 0.3 is 0 Å². The van der Waals surface area contributed by atoms with E-state index in [1.54, 1.807) is 46.2 Å². The number of benzene rings is 1. The molecule has 0 aliphatic rings. The Morgan fingerprint density at radius 2 is 2.07 bits per heavy atom. The molecule has 0 atom stereocenters. The number of carbonyl (C=O) groups is 1. The summed E-state index contributed by atoms with van der Waals surface area (Å²) in [6, 6.07) is 10.4. The van der Waals surface area contributed by atoms with Crippen LogP contribution in [0.15, 0.2) is 67.5 Å². The Morgan fingerprint density at radius 3 is 2.73 bits per heavy atom. The second-order valence-corrected chi connectivity index (χ2v) is 7.14. The molecule has 0 radical (unpaired) electrons. The number of amides is 1. The monoisotopic (exact) mass is 404 g/mol. The van der Waals surface area contributed by atoms with Gasteiger partial charge in [-0.15, -0.1) is 0 Å². The van der Waals surface area contributed by atoms with E-state index in [2.05, 4.69) is 20.4 Å². The molecule has 3 aromatic heterocycles. The van der Waals surface area contributed by atoms with Gasteiger partial charge < -0.3 is 9.88 Å². The zero-order valence-corrected chi connectivity index (χ0v) is 16.7. The number of imidazole rings is 1. The molecular weight excluding hydrogens is 383 g/mol. The highest BCUT2D eigenvalue weighted by molar-refractivity contribution is 5.95. The summed E-state index contributed by atoms with van der Waals surface area (Å²) in [7, 11) is 0. The number of hydrogen-bond donors (Lipinski definition) is 1. The van der Waals surface area contributed by atoms with Crippen molar-refractivity contribution >= 4 is 5.91 Å². The number of nitrogens with one attached hydrogen (secondary N) is 1. The average Bonchev–Trinajstić information content (AvgIpc) is 3.43. The van der Waals surface area contributed by atoms with Crippen LogP contribution in [0.2, 0.25) is 0 Å². The van der Waals surface area contributed by atoms with Crippen molar-refractivity contribution in [2.45, 2.75) is 26.3 Å². The second-order valence-electron chi connectivity index (χ2n) is 7.14. The van der Waals surface area contributed by atoms with Gasteiger partial charge in [0.05, 0.1) is 29.5 Å². The average molecular weight is 404 g/mol. The second kappa shape index (κ2) is 8.28. The van der Waals surface area contributed by atoms with Crippen LogP contribution >= 0.6 is 0 Å². The van der Waals surface area contributed by atoms with Crippen molar-refractivity contribution in [1.29, 1.82) is 0 Å². The first kappa shape index (κ1) is 19.5. The lowest BCUT2D eigenvalue weighted by atomic mass is 10.1. The van der Waals surface area contributed by atoms with Crippen molar-refractivity contribution in [3.8, 4) is 11.5 Å². The third-order valence-corrected chi connectivity index (χ3v) is 4.71. The largest absolute Gasteiger partial charge is 0.348 e. The first-order valence-corrected chi connectivity index (χ1v) is 9.59. The summed E-state index contributed by atoms with van der Waals surface area (Å²) in [6.45, 7) is 4.20. The minimum absolute atomic E-state index is 0.0576. The lowest BCUT2D eigenvalue weighted by molar-refractivity contribution is 0.0949. The molecular formula is C22H21FN6O. The zero-order valence-electron chi connectivity index (χ0n) is 16.7. The Kier molecular flexibility index (Phi) is 5.38. The quantitative estimate of drug-likeness (QED) is 0.532. The number of pyridine rings is 1. The topological polar surface area (TPSA) is 77.6 Å². The fourth-order valence-electron chi connectivity index (χ4n) is 3.30. The van der Waals surface area contributed by atoms with Crippen molar-refractivity contribution in [3.05, 3.63) is 90.2 Å². The number of hydrogen-bond acceptors (Lipinski definition) is 4. The van der Waals surface area contributed by atoms with Crippen molar-refractivity contribution in [1.82, 2.24) is 29.6 Å². The molecule has 30 heavy (non-hydrogen) atoms. The van der Waals surface area contributed by atoms with Crippen molar-refractivity contribution in [3.63, 3.8) is 0 Å². The Bertz CT molecular complexity index is 1150. The maximum atomic E-state index is 14.4. The van der Waals surface area contributed by atoms with Gasteiger partial charge in [-0.1, -0.05) is 26.0 Å². The van der Waals surface area contributed by atoms with E-state index in [1.165, 1.54) is 12.4 Å². The third-order valence-electron chi connectivity index (χ3n) is 4.71. The highest BCUT2D eigenvalue weighted by Crippen LogP contribution is 2.22. The minimum atomic E-state index is -0.384. The van der Waals surface area contributed by atoms with Gasteiger partial charge in [-0.2, -0.15) is 5.10 Å². The maximum Gasteiger partial charge on any atom is 0.255 e. The Morgan fingerprint density at radius 1 is 1.20 bits per heavy atom. The van der Waals surface area contributed by atoms with E-state index >= 15 is 0 Å². The van der Waals surface area contributed by atoms with Crippen LogP contribution in [0.3, 0.4) is 0 Å². The summed E-state index contributed by atoms with van der Waals surface area (Å²) >= 11 is 0. The molecule has 0 fully saturated rings. The highest BCUT2D eigenvalue weighted by atomic mass is 19.1. The van der Waals surface area contributed by atoms with Crippen LogP contribution < -0.4 is 5.32 Å². The third kappa shape index (κ3) is 3.84. The molecule has 4 aromatic rings. The molecule has 0 spiro atoms. The molecule has 0 saturated carbocycles. The molecule has 152 valence electrons. The van der Waals surface area contributed by atoms with Gasteiger partial charge in [-0.3, -0.25) is 4.79 Å². The predicted octanol–water partition coefficient (Wildman–Crippen LogP) is 3.65. The summed E-state index contributed by atoms with van der Waals surface area (Å²) in [5.74, 6) is 0.0603. The molecule has 0 saturated heterocycles. The van der Waals surface area contributed by atoms with Crippen LogP contribution in [0.1, 0.15) is 41.4 Å². The van der Waals surface area contributed by atoms with Gasteiger partial charge in [0.25, 0.3) is 5.91 Å². The number of aromatic nitrogens is 5. The lowest BCUT2D eigenvalue weighted by Gasteiger charge is -2.12. The molecule has 0 aliphatic heterocycles. The van der Waals surface area contributed by atoms with E-state index < -0.39 is 0 Å². The Balaban J connectivity index is 1.52. The van der Waals surface area contributed by atoms with Crippen LogP contribution in [-0.2, 0) is 6.54 Å². The molecule has 1 aromatic carbocycles. The van der Waals surface area contributed by atoms with E-state index in [0.29, 0.717) is 22.6 Å². The van der Waals surface area contributed by atoms with Crippen molar-refractivity contribution < 1.29 is 9.18 Å². The number of carbonyl (C=O) groups excluding carboxylic acids is 1. The molecule has 8 heteroatoms. The zero-order chi connectivity index (χ0) is 21.1. The standard InChI is InChI=1S/C22H21FN6O/c1-15(2)21-17(13-27-29(21)20-5-3-4-8-25-20)22(30)26-12-16-6-7-19(18(23)11-16)28-10-9-24-14-28/h3-11,13-15H,12H2,1-2H3,(H,26,30). The molecule has 0 bridgehead atoms. The van der Waals surface area contributed by atoms with Crippen molar-refractivity contribution in [2.24, 2.45) is 0 Å². The smallest absolute Gasteiger partial charge is 0.255 e. The number of halogens is 1. The Labute approximate surface area is 173 Å². The normalized spacial score (nSPS) is 11.1. The van der Waals surface area contributed by atoms with Crippen LogP contribution in [0.4, 0.5) is 4.39 Å². The molecule has 7 nitrogen and oxygen atoms in total. The van der Waals surface area contributed by atoms with Gasteiger partial charge in [0.2, 0.25) is 0 Å². The maximum absolute atomic E-state index is 14.4. The number of nitrogens with zero attached hydrogens (tertiary/aromatic N) is 5. The first-order valence-electron chi connectivity index (χ1n) is 9.59. The van der Waals surface area contributed by atoms with Gasteiger partial charge in [0.1, 0.15) is 5.82 Å². The molecule has 3 heterocycles. The lowest BCUT2D eigenvalue weighted by Crippen LogP contribution is -2.24. The van der Waals surface area contributed by atoms with E-state index in [9.17, 15) is 9.18 Å². The Hall–Kier alpha value is -3.81. The van der Waals surface area contributed by atoms with Gasteiger partial charge in [-0.25, -0.2) is 19.0 Å². The van der Waals surface area contributed by atoms with E-state index in [1.807, 2.05) is 32.0 Å². The number of rotatable bonds is 6. The van der Waals surface area contributed by atoms with Gasteiger partial charge in [0, 0.05) is 25.1 Å². The SMILES string of the molecule is CC(C)c1c(C(=O)NCc2ccc(-n3ccnc3)c(F)c2)cnn1-c1ccccn1. The van der Waals surface area contributed by atoms with E-state index in [-0.39, 0.29) is 24.2 Å². The molecule has 0 unspecified atom stereocenters. The summed E-state index contributed by atoms with van der Waals surface area (Å²) in [4.78, 5) is 21.1. The van der Waals surface area contributed by atoms with E-state index in [4.69, 9.17) is 0 Å². The van der Waals surface area contributed by atoms with Crippen LogP contribution in [-0.4, -0.2) is 30.2 Å². The predicted molar refractivity (Wildman–Crippen MR) is 110 cm³/mol. The first-order chi connectivity index (χ1) is 14.5. The van der Waals surface area contributed by atoms with Crippen LogP contribution in [0, 0.1) is 5.82 Å². The molecule has 4 rings (SSSR count). The summed E-state index contributed by atoms with van der Waals surface area (Å²) in [5.41, 5.74) is 2.31. The summed E-state index contributed by atoms with van der Waals surface area (Å²) in [6.07, 6.45) is 8.02. The van der Waals surface area contributed by atoms with Gasteiger partial charge in [0.15, 0.2) is 5.82 Å².